The van der Waals surface area contributed by atoms with Crippen LogP contribution in [0.15, 0.2) is 36.4 Å². The molecule has 0 aromatic heterocycles. The summed E-state index contributed by atoms with van der Waals surface area (Å²) in [4.78, 5) is 28.5. The fraction of sp³-hybridized carbons (Fsp3) is 0.500. The van der Waals surface area contributed by atoms with Crippen LogP contribution in [0.25, 0.3) is 11.1 Å². The van der Waals surface area contributed by atoms with Crippen LogP contribution < -0.4 is 15.5 Å². The smallest absolute Gasteiger partial charge is 0.238 e. The van der Waals surface area contributed by atoms with Crippen molar-refractivity contribution in [1.82, 2.24) is 15.5 Å². The summed E-state index contributed by atoms with van der Waals surface area (Å²) in [6, 6.07) is 12.3. The van der Waals surface area contributed by atoms with Crippen LogP contribution in [0.3, 0.4) is 0 Å². The number of aryl methyl sites for hydroxylation is 1. The third-order valence-electron chi connectivity index (χ3n) is 7.83. The number of nitrogens with zero attached hydrogens (tertiary/aromatic N) is 3. The zero-order valence-corrected chi connectivity index (χ0v) is 22.5. The first-order valence-corrected chi connectivity index (χ1v) is 13.6. The van der Waals surface area contributed by atoms with E-state index < -0.39 is 11.9 Å². The van der Waals surface area contributed by atoms with E-state index in [0.717, 1.165) is 61.9 Å². The molecule has 0 radical (unpaired) electrons. The van der Waals surface area contributed by atoms with Crippen molar-refractivity contribution in [1.29, 1.82) is 5.26 Å². The van der Waals surface area contributed by atoms with Crippen molar-refractivity contribution in [2.24, 2.45) is 5.92 Å². The van der Waals surface area contributed by atoms with Crippen molar-refractivity contribution in [3.8, 4) is 17.2 Å². The van der Waals surface area contributed by atoms with E-state index in [1.807, 2.05) is 45.3 Å². The van der Waals surface area contributed by atoms with Gasteiger partial charge in [-0.2, -0.15) is 5.26 Å². The van der Waals surface area contributed by atoms with Gasteiger partial charge in [-0.25, -0.2) is 4.39 Å². The lowest BCUT2D eigenvalue weighted by atomic mass is 9.97. The Hall–Kier alpha value is -3.28. The van der Waals surface area contributed by atoms with Crippen molar-refractivity contribution < 1.29 is 14.0 Å². The highest BCUT2D eigenvalue weighted by atomic mass is 19.1. The van der Waals surface area contributed by atoms with Crippen molar-refractivity contribution in [2.75, 3.05) is 32.1 Å². The van der Waals surface area contributed by atoms with Gasteiger partial charge in [0, 0.05) is 24.7 Å². The molecule has 2 bridgehead atoms. The van der Waals surface area contributed by atoms with Crippen molar-refractivity contribution in [2.45, 2.75) is 63.6 Å². The SMILES string of the molecule is CCc1ccc(-c2ccc(C[C@@H](C#N)NC(=O)[C@H]3N[C@@H]4CC[C@H]3C4)c(F)c2)cc1N(C=O)CCCN(C)C. The Bertz CT molecular complexity index is 1190. The minimum atomic E-state index is -0.803. The molecule has 202 valence electrons. The molecule has 2 fully saturated rings. The van der Waals surface area contributed by atoms with Crippen LogP contribution in [0.1, 0.15) is 43.7 Å². The molecule has 7 nitrogen and oxygen atoms in total. The Labute approximate surface area is 225 Å². The predicted octanol–water partition coefficient (Wildman–Crippen LogP) is 3.66. The molecule has 8 heteroatoms. The van der Waals surface area contributed by atoms with E-state index in [2.05, 4.69) is 21.6 Å². The number of hydrogen-bond acceptors (Lipinski definition) is 5. The molecule has 4 atom stereocenters. The van der Waals surface area contributed by atoms with Crippen LogP contribution >= 0.6 is 0 Å². The quantitative estimate of drug-likeness (QED) is 0.418. The number of fused-ring (bicyclic) bond motifs is 2. The lowest BCUT2D eigenvalue weighted by Gasteiger charge is -2.24. The summed E-state index contributed by atoms with van der Waals surface area (Å²) in [6.07, 6.45) is 5.72. The molecule has 4 rings (SSSR count). The zero-order chi connectivity index (χ0) is 27.2. The average Bonchev–Trinajstić information content (AvgIpc) is 3.55. The van der Waals surface area contributed by atoms with Crippen molar-refractivity contribution in [3.63, 3.8) is 0 Å². The number of benzene rings is 2. The Morgan fingerprint density at radius 2 is 1.92 bits per heavy atom. The molecule has 1 saturated heterocycles. The minimum Gasteiger partial charge on any atom is -0.339 e. The van der Waals surface area contributed by atoms with Gasteiger partial charge in [0.2, 0.25) is 12.3 Å². The first kappa shape index (κ1) is 27.7. The Kier molecular flexibility index (Phi) is 9.13. The van der Waals surface area contributed by atoms with E-state index in [1.54, 1.807) is 11.0 Å². The summed E-state index contributed by atoms with van der Waals surface area (Å²) in [5, 5.41) is 15.8. The fourth-order valence-electron chi connectivity index (χ4n) is 5.75. The summed E-state index contributed by atoms with van der Waals surface area (Å²) < 4.78 is 15.2. The maximum absolute atomic E-state index is 15.2. The normalized spacial score (nSPS) is 20.8. The van der Waals surface area contributed by atoms with Crippen LogP contribution in [0, 0.1) is 23.1 Å². The fourth-order valence-corrected chi connectivity index (χ4v) is 5.75. The Morgan fingerprint density at radius 1 is 1.18 bits per heavy atom. The van der Waals surface area contributed by atoms with Gasteiger partial charge in [0.25, 0.3) is 0 Å². The molecule has 2 amide bonds. The molecule has 1 aliphatic carbocycles. The van der Waals surface area contributed by atoms with E-state index in [4.69, 9.17) is 0 Å². The molecule has 1 saturated carbocycles. The summed E-state index contributed by atoms with van der Waals surface area (Å²) >= 11 is 0. The second-order valence-corrected chi connectivity index (χ2v) is 10.8. The lowest BCUT2D eigenvalue weighted by Crippen LogP contribution is -2.50. The van der Waals surface area contributed by atoms with Gasteiger partial charge < -0.3 is 20.4 Å². The van der Waals surface area contributed by atoms with Crippen LogP contribution in [0.4, 0.5) is 10.1 Å². The van der Waals surface area contributed by atoms with E-state index in [-0.39, 0.29) is 18.4 Å². The van der Waals surface area contributed by atoms with Crippen LogP contribution in [0.2, 0.25) is 0 Å². The second-order valence-electron chi connectivity index (χ2n) is 10.8. The first-order chi connectivity index (χ1) is 18.3. The number of halogens is 1. The molecular formula is C30H38FN5O2. The van der Waals surface area contributed by atoms with Gasteiger partial charge >= 0.3 is 0 Å². The van der Waals surface area contributed by atoms with Gasteiger partial charge in [0.1, 0.15) is 11.9 Å². The van der Waals surface area contributed by atoms with Crippen LogP contribution in [0.5, 0.6) is 0 Å². The summed E-state index contributed by atoms with van der Waals surface area (Å²) in [5.74, 6) is -0.272. The first-order valence-electron chi connectivity index (χ1n) is 13.6. The molecule has 1 heterocycles. The molecule has 38 heavy (non-hydrogen) atoms. The number of rotatable bonds is 12. The van der Waals surface area contributed by atoms with E-state index >= 15 is 4.39 Å². The maximum atomic E-state index is 15.2. The number of hydrogen-bond donors (Lipinski definition) is 2. The maximum Gasteiger partial charge on any atom is 0.238 e. The zero-order valence-electron chi connectivity index (χ0n) is 22.5. The third-order valence-corrected chi connectivity index (χ3v) is 7.83. The summed E-state index contributed by atoms with van der Waals surface area (Å²) in [5.41, 5.74) is 3.78. The van der Waals surface area contributed by atoms with Gasteiger partial charge in [0.05, 0.1) is 12.1 Å². The van der Waals surface area contributed by atoms with Crippen LogP contribution in [-0.4, -0.2) is 62.5 Å². The second kappa shape index (κ2) is 12.5. The average molecular weight is 520 g/mol. The molecule has 1 aliphatic heterocycles. The summed E-state index contributed by atoms with van der Waals surface area (Å²) in [7, 11) is 4.01. The number of amides is 2. The highest BCUT2D eigenvalue weighted by Gasteiger charge is 2.43. The van der Waals surface area contributed by atoms with Crippen molar-refractivity contribution >= 4 is 18.0 Å². The highest BCUT2D eigenvalue weighted by Crippen LogP contribution is 2.35. The van der Waals surface area contributed by atoms with E-state index in [9.17, 15) is 14.9 Å². The summed E-state index contributed by atoms with van der Waals surface area (Å²) in [6.45, 7) is 3.53. The third kappa shape index (κ3) is 6.40. The van der Waals surface area contributed by atoms with Gasteiger partial charge in [0.15, 0.2) is 0 Å². The van der Waals surface area contributed by atoms with E-state index in [0.29, 0.717) is 29.6 Å². The molecular weight excluding hydrogens is 481 g/mol. The molecule has 2 aliphatic rings. The number of carbonyl (C=O) groups excluding carboxylic acids is 2. The van der Waals surface area contributed by atoms with Gasteiger partial charge in [-0.05, 0) is 93.0 Å². The number of anilines is 1. The predicted molar refractivity (Wildman–Crippen MR) is 147 cm³/mol. The van der Waals surface area contributed by atoms with Gasteiger partial charge in [-0.15, -0.1) is 0 Å². The standard InChI is InChI=1S/C30H38FN5O2/c1-4-20-6-7-22(17-28(20)36(19-37)13-5-12-35(2)3)21-8-9-23(27(31)16-21)14-26(18-32)34-30(38)29-24-10-11-25(15-24)33-29/h6-9,16-17,19,24-26,29,33H,4-5,10-15H2,1-3H3,(H,34,38)/t24-,25+,26-,29-/m0/s1. The molecule has 0 spiro atoms. The molecule has 0 unspecified atom stereocenters. The molecule has 2 aromatic rings. The van der Waals surface area contributed by atoms with Gasteiger partial charge in [-0.1, -0.05) is 31.2 Å². The number of nitriles is 1. The Balaban J connectivity index is 1.46. The van der Waals surface area contributed by atoms with E-state index in [1.165, 1.54) is 6.07 Å². The topological polar surface area (TPSA) is 88.5 Å². The number of nitrogens with one attached hydrogen (secondary N) is 2. The molecule has 2 N–H and O–H groups in total. The molecule has 2 aromatic carbocycles. The van der Waals surface area contributed by atoms with Crippen LogP contribution in [-0.2, 0) is 22.4 Å². The largest absolute Gasteiger partial charge is 0.339 e. The van der Waals surface area contributed by atoms with Crippen molar-refractivity contribution in [3.05, 3.63) is 53.3 Å². The monoisotopic (exact) mass is 519 g/mol. The highest BCUT2D eigenvalue weighted by molar-refractivity contribution is 5.83. The lowest BCUT2D eigenvalue weighted by molar-refractivity contribution is -0.124. The van der Waals surface area contributed by atoms with Gasteiger partial charge in [-0.3, -0.25) is 9.59 Å². The number of carbonyl (C=O) groups is 2. The number of piperidine rings is 1. The Morgan fingerprint density at radius 3 is 2.50 bits per heavy atom. The minimum absolute atomic E-state index is 0.0972.